The Morgan fingerprint density at radius 3 is 1.78 bits per heavy atom. The van der Waals surface area contributed by atoms with Gasteiger partial charge in [-0.3, -0.25) is 0 Å². The van der Waals surface area contributed by atoms with Crippen LogP contribution in [0.25, 0.3) is 0 Å². The van der Waals surface area contributed by atoms with E-state index in [1.807, 2.05) is 0 Å². The van der Waals surface area contributed by atoms with Crippen molar-refractivity contribution < 1.29 is 22.0 Å². The second-order valence-corrected chi connectivity index (χ2v) is 4.71. The third-order valence-electron chi connectivity index (χ3n) is 2.93. The molecule has 0 aliphatic heterocycles. The normalized spacial score (nSPS) is 13.8. The zero-order valence-corrected chi connectivity index (χ0v) is 9.98. The van der Waals surface area contributed by atoms with Crippen molar-refractivity contribution in [2.24, 2.45) is 11.1 Å². The maximum atomic E-state index is 14.1. The minimum atomic E-state index is -4.81. The third-order valence-corrected chi connectivity index (χ3v) is 2.93. The Morgan fingerprint density at radius 2 is 1.39 bits per heavy atom. The lowest BCUT2D eigenvalue weighted by Gasteiger charge is -2.34. The summed E-state index contributed by atoms with van der Waals surface area (Å²) in [5.41, 5.74) is 1.12. The maximum Gasteiger partial charge on any atom is 0.416 e. The van der Waals surface area contributed by atoms with Crippen LogP contribution >= 0.6 is 0 Å². The molecule has 2 N–H and O–H groups in total. The Morgan fingerprint density at radius 1 is 0.944 bits per heavy atom. The molecule has 0 unspecified atom stereocenters. The Balaban J connectivity index is 3.43. The van der Waals surface area contributed by atoms with Crippen molar-refractivity contribution in [2.45, 2.75) is 25.9 Å². The molecule has 0 atom stereocenters. The van der Waals surface area contributed by atoms with Crippen molar-refractivity contribution >= 4 is 0 Å². The number of alkyl halides is 5. The van der Waals surface area contributed by atoms with Gasteiger partial charge in [0.05, 0.1) is 5.56 Å². The van der Waals surface area contributed by atoms with Crippen LogP contribution in [0, 0.1) is 5.41 Å². The predicted octanol–water partition coefficient (Wildman–Crippen LogP) is 3.78. The minimum Gasteiger partial charge on any atom is -0.330 e. The molecule has 0 aliphatic carbocycles. The molecular weight excluding hydrogens is 253 g/mol. The van der Waals surface area contributed by atoms with Gasteiger partial charge in [-0.2, -0.15) is 13.2 Å². The molecule has 1 aromatic rings. The van der Waals surface area contributed by atoms with Gasteiger partial charge in [-0.1, -0.05) is 32.0 Å². The Hall–Kier alpha value is -1.17. The summed E-state index contributed by atoms with van der Waals surface area (Å²) in [5, 5.41) is 0. The van der Waals surface area contributed by atoms with Crippen LogP contribution in [-0.4, -0.2) is 6.54 Å². The van der Waals surface area contributed by atoms with Crippen LogP contribution in [0.15, 0.2) is 24.3 Å². The predicted molar refractivity (Wildman–Crippen MR) is 58.2 cm³/mol. The second kappa shape index (κ2) is 4.50. The minimum absolute atomic E-state index is 0.424. The van der Waals surface area contributed by atoms with Gasteiger partial charge in [0.2, 0.25) is 0 Å². The molecule has 0 bridgehead atoms. The number of benzene rings is 1. The van der Waals surface area contributed by atoms with Gasteiger partial charge in [0.25, 0.3) is 5.92 Å². The molecule has 0 spiro atoms. The highest BCUT2D eigenvalue weighted by molar-refractivity contribution is 5.34. The summed E-state index contributed by atoms with van der Waals surface area (Å²) < 4.78 is 66.4. The first-order chi connectivity index (χ1) is 8.04. The van der Waals surface area contributed by atoms with E-state index in [0.29, 0.717) is 6.07 Å². The highest BCUT2D eigenvalue weighted by Crippen LogP contribution is 2.48. The van der Waals surface area contributed by atoms with Gasteiger partial charge in [-0.15, -0.1) is 0 Å². The van der Waals surface area contributed by atoms with Gasteiger partial charge in [0.15, 0.2) is 0 Å². The van der Waals surface area contributed by atoms with Crippen LogP contribution in [0.4, 0.5) is 22.0 Å². The topological polar surface area (TPSA) is 26.0 Å². The van der Waals surface area contributed by atoms with Crippen LogP contribution in [0.5, 0.6) is 0 Å². The molecule has 0 amide bonds. The first-order valence-electron chi connectivity index (χ1n) is 5.28. The van der Waals surface area contributed by atoms with Crippen molar-refractivity contribution in [1.82, 2.24) is 0 Å². The molecule has 1 rings (SSSR count). The van der Waals surface area contributed by atoms with Crippen molar-refractivity contribution in [3.8, 4) is 0 Å². The van der Waals surface area contributed by atoms with Crippen LogP contribution in [-0.2, 0) is 12.1 Å². The number of rotatable bonds is 3. The number of hydrogen-bond donors (Lipinski definition) is 1. The van der Waals surface area contributed by atoms with E-state index >= 15 is 0 Å². The summed E-state index contributed by atoms with van der Waals surface area (Å²) in [6, 6.07) is 3.68. The third kappa shape index (κ3) is 2.48. The van der Waals surface area contributed by atoms with Crippen molar-refractivity contribution in [3.05, 3.63) is 35.4 Å². The molecule has 0 saturated carbocycles. The molecule has 0 aromatic heterocycles. The van der Waals surface area contributed by atoms with Crippen molar-refractivity contribution in [3.63, 3.8) is 0 Å². The van der Waals surface area contributed by atoms with E-state index in [0.717, 1.165) is 32.0 Å². The van der Waals surface area contributed by atoms with Gasteiger partial charge < -0.3 is 5.73 Å². The Kier molecular flexibility index (Phi) is 3.72. The zero-order chi connectivity index (χ0) is 14.2. The lowest BCUT2D eigenvalue weighted by Crippen LogP contribution is -2.41. The van der Waals surface area contributed by atoms with Gasteiger partial charge in [-0.05, 0) is 6.07 Å². The van der Waals surface area contributed by atoms with E-state index < -0.39 is 35.2 Å². The molecule has 6 heteroatoms. The largest absolute Gasteiger partial charge is 0.416 e. The van der Waals surface area contributed by atoms with Gasteiger partial charge in [-0.25, -0.2) is 8.78 Å². The Labute approximate surface area is 102 Å². The summed E-state index contributed by atoms with van der Waals surface area (Å²) >= 11 is 0. The van der Waals surface area contributed by atoms with Gasteiger partial charge in [0, 0.05) is 17.5 Å². The molecule has 0 aliphatic rings. The van der Waals surface area contributed by atoms with Crippen LogP contribution < -0.4 is 5.73 Å². The first-order valence-corrected chi connectivity index (χ1v) is 5.28. The van der Waals surface area contributed by atoms with E-state index in [9.17, 15) is 22.0 Å². The molecular formula is C12H14F5N. The molecule has 0 radical (unpaired) electrons. The van der Waals surface area contributed by atoms with E-state index in [4.69, 9.17) is 5.73 Å². The highest BCUT2D eigenvalue weighted by atomic mass is 19.4. The molecule has 18 heavy (non-hydrogen) atoms. The second-order valence-electron chi connectivity index (χ2n) is 4.71. The summed E-state index contributed by atoms with van der Waals surface area (Å²) in [6.07, 6.45) is -4.81. The SMILES string of the molecule is CC(C)(CN)C(F)(F)c1ccccc1C(F)(F)F. The summed E-state index contributed by atoms with van der Waals surface area (Å²) in [4.78, 5) is 0. The molecule has 0 fully saturated rings. The average molecular weight is 267 g/mol. The standard InChI is InChI=1S/C12H14F5N/c1-10(2,7-18)11(13,14)8-5-3-4-6-9(8)12(15,16)17/h3-6H,7,18H2,1-2H3. The van der Waals surface area contributed by atoms with Crippen LogP contribution in [0.3, 0.4) is 0 Å². The summed E-state index contributed by atoms with van der Waals surface area (Å²) in [7, 11) is 0. The fourth-order valence-corrected chi connectivity index (χ4v) is 1.50. The quantitative estimate of drug-likeness (QED) is 0.829. The molecule has 0 heterocycles. The Bertz CT molecular complexity index is 423. The number of halogens is 5. The number of nitrogens with two attached hydrogens (primary N) is 1. The monoisotopic (exact) mass is 267 g/mol. The van der Waals surface area contributed by atoms with E-state index in [1.54, 1.807) is 0 Å². The van der Waals surface area contributed by atoms with Crippen molar-refractivity contribution in [2.75, 3.05) is 6.54 Å². The van der Waals surface area contributed by atoms with E-state index in [2.05, 4.69) is 0 Å². The van der Waals surface area contributed by atoms with Crippen molar-refractivity contribution in [1.29, 1.82) is 0 Å². The fraction of sp³-hybridized carbons (Fsp3) is 0.500. The number of hydrogen-bond acceptors (Lipinski definition) is 1. The molecule has 0 saturated heterocycles. The van der Waals surface area contributed by atoms with Gasteiger partial charge >= 0.3 is 6.18 Å². The summed E-state index contributed by atoms with van der Waals surface area (Å²) in [5.74, 6) is -3.66. The summed E-state index contributed by atoms with van der Waals surface area (Å²) in [6.45, 7) is 1.85. The maximum absolute atomic E-state index is 14.1. The highest BCUT2D eigenvalue weighted by Gasteiger charge is 2.51. The molecule has 1 aromatic carbocycles. The lowest BCUT2D eigenvalue weighted by molar-refractivity contribution is -0.150. The average Bonchev–Trinajstić information content (AvgIpc) is 2.27. The molecule has 1 nitrogen and oxygen atoms in total. The van der Waals surface area contributed by atoms with Gasteiger partial charge in [0.1, 0.15) is 0 Å². The zero-order valence-electron chi connectivity index (χ0n) is 9.98. The smallest absolute Gasteiger partial charge is 0.330 e. The van der Waals surface area contributed by atoms with Crippen LogP contribution in [0.1, 0.15) is 25.0 Å². The fourth-order valence-electron chi connectivity index (χ4n) is 1.50. The van der Waals surface area contributed by atoms with E-state index in [-0.39, 0.29) is 0 Å². The van der Waals surface area contributed by atoms with E-state index in [1.165, 1.54) is 0 Å². The molecule has 102 valence electrons. The lowest BCUT2D eigenvalue weighted by atomic mass is 9.80. The first kappa shape index (κ1) is 14.9. The van der Waals surface area contributed by atoms with Crippen LogP contribution in [0.2, 0.25) is 0 Å².